The minimum atomic E-state index is -0.603. The number of carboxylic acid groups (broad SMARTS) is 1. The Morgan fingerprint density at radius 1 is 1.31 bits per heavy atom. The van der Waals surface area contributed by atoms with Crippen LogP contribution in [0.1, 0.15) is 39.1 Å². The molecule has 2 aromatic heterocycles. The highest BCUT2D eigenvalue weighted by Gasteiger charge is 2.98. The van der Waals surface area contributed by atoms with Crippen LogP contribution in [0.2, 0.25) is 0 Å². The van der Waals surface area contributed by atoms with Gasteiger partial charge in [-0.05, 0) is 68.1 Å². The first-order chi connectivity index (χ1) is 13.9. The van der Waals surface area contributed by atoms with Crippen LogP contribution in [0, 0.1) is 35.0 Å². The van der Waals surface area contributed by atoms with E-state index in [9.17, 15) is 9.90 Å². The van der Waals surface area contributed by atoms with Crippen LogP contribution in [0.5, 0.6) is 0 Å². The van der Waals surface area contributed by atoms with Crippen LogP contribution in [0.15, 0.2) is 22.7 Å². The van der Waals surface area contributed by atoms with Crippen molar-refractivity contribution in [3.63, 3.8) is 0 Å². The van der Waals surface area contributed by atoms with Crippen LogP contribution in [0.4, 0.5) is 0 Å². The molecule has 3 aromatic rings. The predicted molar refractivity (Wildman–Crippen MR) is 101 cm³/mol. The molecular formula is C21H21N5O3. The molecule has 7 atom stereocenters. The fourth-order valence-corrected chi connectivity index (χ4v) is 7.79. The number of rotatable bonds is 4. The summed E-state index contributed by atoms with van der Waals surface area (Å²) >= 11 is 0. The third-order valence-corrected chi connectivity index (χ3v) is 8.82. The van der Waals surface area contributed by atoms with E-state index in [4.69, 9.17) is 9.51 Å². The Hall–Kier alpha value is -2.77. The molecule has 7 rings (SSSR count). The van der Waals surface area contributed by atoms with Crippen LogP contribution in [0.25, 0.3) is 22.4 Å². The molecule has 4 aliphatic rings. The van der Waals surface area contributed by atoms with E-state index in [1.807, 2.05) is 22.9 Å². The van der Waals surface area contributed by atoms with E-state index >= 15 is 0 Å². The van der Waals surface area contributed by atoms with E-state index in [1.165, 1.54) is 0 Å². The topological polar surface area (TPSA) is 107 Å². The van der Waals surface area contributed by atoms with E-state index in [-0.39, 0.29) is 23.3 Å². The van der Waals surface area contributed by atoms with Crippen molar-refractivity contribution in [1.29, 1.82) is 0 Å². The molecule has 0 radical (unpaired) electrons. The Kier molecular flexibility index (Phi) is 2.51. The third-order valence-electron chi connectivity index (χ3n) is 8.82. The van der Waals surface area contributed by atoms with Gasteiger partial charge in [-0.3, -0.25) is 4.79 Å². The van der Waals surface area contributed by atoms with Crippen LogP contribution in [-0.2, 0) is 10.2 Å². The molecule has 0 aliphatic heterocycles. The van der Waals surface area contributed by atoms with Crippen molar-refractivity contribution in [1.82, 2.24) is 25.1 Å². The molecule has 8 heteroatoms. The summed E-state index contributed by atoms with van der Waals surface area (Å²) in [4.78, 5) is 16.6. The largest absolute Gasteiger partial charge is 0.481 e. The lowest BCUT2D eigenvalue weighted by atomic mass is 9.07. The lowest BCUT2D eigenvalue weighted by Gasteiger charge is -2.94. The number of aromatic nitrogens is 5. The molecule has 148 valence electrons. The molecule has 4 saturated carbocycles. The van der Waals surface area contributed by atoms with E-state index in [2.05, 4.69) is 36.2 Å². The predicted octanol–water partition coefficient (Wildman–Crippen LogP) is 2.92. The summed E-state index contributed by atoms with van der Waals surface area (Å²) in [5.41, 5.74) is 2.11. The number of aliphatic carboxylic acids is 1. The second kappa shape index (κ2) is 4.52. The van der Waals surface area contributed by atoms with Gasteiger partial charge in [-0.1, -0.05) is 17.3 Å². The summed E-state index contributed by atoms with van der Waals surface area (Å²) in [6.07, 6.45) is 0.764. The number of benzene rings is 1. The van der Waals surface area contributed by atoms with Crippen molar-refractivity contribution < 1.29 is 14.4 Å². The molecule has 2 heterocycles. The lowest BCUT2D eigenvalue weighted by molar-refractivity contribution is -0.462. The number of hydrogen-bond acceptors (Lipinski definition) is 6. The minimum Gasteiger partial charge on any atom is -0.481 e. The zero-order chi connectivity index (χ0) is 19.9. The van der Waals surface area contributed by atoms with Crippen LogP contribution in [0.3, 0.4) is 0 Å². The van der Waals surface area contributed by atoms with Gasteiger partial charge in [0.05, 0.1) is 16.3 Å². The van der Waals surface area contributed by atoms with E-state index in [0.717, 1.165) is 23.0 Å². The van der Waals surface area contributed by atoms with E-state index in [0.29, 0.717) is 29.5 Å². The SMILES string of the molecule is CC(C)n1nnc2cc(-c3noc(C45C(C)C6C4C4C5CC64C(=O)O)n3)ccc21. The zero-order valence-electron chi connectivity index (χ0n) is 16.4. The number of hydrogen-bond donors (Lipinski definition) is 1. The lowest BCUT2D eigenvalue weighted by Crippen LogP contribution is -2.97. The molecule has 0 bridgehead atoms. The Morgan fingerprint density at radius 2 is 2.14 bits per heavy atom. The summed E-state index contributed by atoms with van der Waals surface area (Å²) in [5.74, 6) is 2.33. The zero-order valence-corrected chi connectivity index (χ0v) is 16.4. The number of carboxylic acids is 1. The second-order valence-corrected chi connectivity index (χ2v) is 9.71. The highest BCUT2D eigenvalue weighted by atomic mass is 16.5. The molecule has 0 spiro atoms. The molecule has 0 saturated heterocycles. The van der Waals surface area contributed by atoms with Crippen molar-refractivity contribution in [2.24, 2.45) is 35.0 Å². The van der Waals surface area contributed by atoms with E-state index < -0.39 is 11.4 Å². The molecule has 7 unspecified atom stereocenters. The maximum Gasteiger partial charge on any atom is 0.310 e. The van der Waals surface area contributed by atoms with Crippen molar-refractivity contribution in [2.75, 3.05) is 0 Å². The highest BCUT2D eigenvalue weighted by molar-refractivity contribution is 5.83. The van der Waals surface area contributed by atoms with Gasteiger partial charge in [0.25, 0.3) is 0 Å². The number of nitrogens with zero attached hydrogens (tertiary/aromatic N) is 5. The summed E-state index contributed by atoms with van der Waals surface area (Å²) < 4.78 is 7.68. The van der Waals surface area contributed by atoms with Gasteiger partial charge < -0.3 is 9.63 Å². The molecule has 29 heavy (non-hydrogen) atoms. The average Bonchev–Trinajstić information content (AvgIpc) is 3.33. The smallest absolute Gasteiger partial charge is 0.310 e. The maximum absolute atomic E-state index is 11.8. The molecule has 4 aliphatic carbocycles. The minimum absolute atomic E-state index is 0.0946. The van der Waals surface area contributed by atoms with Gasteiger partial charge in [-0.15, -0.1) is 5.10 Å². The normalized spacial score (nSPS) is 40.6. The maximum atomic E-state index is 11.8. The summed E-state index contributed by atoms with van der Waals surface area (Å²) in [5, 5.41) is 22.5. The average molecular weight is 391 g/mol. The summed E-state index contributed by atoms with van der Waals surface area (Å²) in [6.45, 7) is 6.32. The van der Waals surface area contributed by atoms with Gasteiger partial charge in [0.15, 0.2) is 0 Å². The molecule has 4 fully saturated rings. The Labute approximate surface area is 166 Å². The fourth-order valence-electron chi connectivity index (χ4n) is 7.79. The monoisotopic (exact) mass is 391 g/mol. The number of fused-ring (bicyclic) bond motifs is 3. The molecular weight excluding hydrogens is 370 g/mol. The van der Waals surface area contributed by atoms with Crippen LogP contribution < -0.4 is 0 Å². The van der Waals surface area contributed by atoms with Gasteiger partial charge in [0, 0.05) is 11.6 Å². The summed E-state index contributed by atoms with van der Waals surface area (Å²) in [7, 11) is 0. The molecule has 0 amide bonds. The highest BCUT2D eigenvalue weighted by Crippen LogP contribution is 2.96. The summed E-state index contributed by atoms with van der Waals surface area (Å²) in [6, 6.07) is 6.17. The molecule has 1 aromatic carbocycles. The van der Waals surface area contributed by atoms with Crippen molar-refractivity contribution >= 4 is 17.0 Å². The fraction of sp³-hybridized carbons (Fsp3) is 0.571. The first-order valence-electron chi connectivity index (χ1n) is 10.3. The Bertz CT molecular complexity index is 1210. The molecule has 1 N–H and O–H groups in total. The first-order valence-corrected chi connectivity index (χ1v) is 10.3. The van der Waals surface area contributed by atoms with Gasteiger partial charge >= 0.3 is 5.97 Å². The van der Waals surface area contributed by atoms with Crippen LogP contribution >= 0.6 is 0 Å². The van der Waals surface area contributed by atoms with Gasteiger partial charge in [-0.2, -0.15) is 4.98 Å². The standard InChI is InChI=1S/C21H21N5O3/c1-8(2)26-13-5-4-10(6-12(13)23-25-26)17-22-18(29-24-17)21-9(3)14-16(21)15-11(21)7-20(14,15)19(27)28/h4-6,8-9,11,14-16H,7H2,1-3H3,(H,27,28). The van der Waals surface area contributed by atoms with E-state index in [1.54, 1.807) is 0 Å². The van der Waals surface area contributed by atoms with Gasteiger partial charge in [0.2, 0.25) is 11.7 Å². The van der Waals surface area contributed by atoms with Crippen LogP contribution in [-0.4, -0.2) is 36.2 Å². The van der Waals surface area contributed by atoms with Crippen molar-refractivity contribution in [3.05, 3.63) is 24.1 Å². The Balaban J connectivity index is 1.24. The number of carbonyl (C=O) groups is 1. The third kappa shape index (κ3) is 1.38. The Morgan fingerprint density at radius 3 is 2.79 bits per heavy atom. The quantitative estimate of drug-likeness (QED) is 0.728. The first kappa shape index (κ1) is 16.1. The second-order valence-electron chi connectivity index (χ2n) is 9.71. The van der Waals surface area contributed by atoms with Gasteiger partial charge in [0.1, 0.15) is 5.52 Å². The van der Waals surface area contributed by atoms with Crippen molar-refractivity contribution in [2.45, 2.75) is 38.6 Å². The van der Waals surface area contributed by atoms with Gasteiger partial charge in [-0.25, -0.2) is 4.68 Å². The molecule has 8 nitrogen and oxygen atoms in total. The van der Waals surface area contributed by atoms with Crippen molar-refractivity contribution in [3.8, 4) is 11.4 Å².